The Balaban J connectivity index is 2.07. The number of allylic oxidation sites excluding steroid dienone is 1. The van der Waals surface area contributed by atoms with Crippen LogP contribution in [0.1, 0.15) is 29.9 Å². The zero-order chi connectivity index (χ0) is 14.5. The third kappa shape index (κ3) is 3.72. The summed E-state index contributed by atoms with van der Waals surface area (Å²) in [4.78, 5) is 15.9. The molecule has 1 aromatic rings. The summed E-state index contributed by atoms with van der Waals surface area (Å²) in [6.07, 6.45) is 1.57. The molecule has 0 aromatic heterocycles. The molecule has 0 spiro atoms. The Kier molecular flexibility index (Phi) is 4.99. The molecule has 0 aliphatic carbocycles. The second kappa shape index (κ2) is 6.74. The van der Waals surface area contributed by atoms with E-state index >= 15 is 0 Å². The molecule has 20 heavy (non-hydrogen) atoms. The summed E-state index contributed by atoms with van der Waals surface area (Å²) >= 11 is 2.09. The van der Waals surface area contributed by atoms with Crippen LogP contribution in [0.25, 0.3) is 0 Å². The molecule has 1 heterocycles. The van der Waals surface area contributed by atoms with E-state index in [1.807, 2.05) is 28.3 Å². The third-order valence-corrected chi connectivity index (χ3v) is 3.84. The maximum atomic E-state index is 11.9. The van der Waals surface area contributed by atoms with Gasteiger partial charge in [-0.25, -0.2) is 4.99 Å². The fraction of sp³-hybridized carbons (Fsp3) is 0.286. The van der Waals surface area contributed by atoms with Gasteiger partial charge in [-0.1, -0.05) is 24.3 Å². The first-order chi connectivity index (χ1) is 9.60. The number of guanidine groups is 1. The average Bonchev–Trinajstić information content (AvgIpc) is 2.45. The van der Waals surface area contributed by atoms with Crippen LogP contribution < -0.4 is 11.5 Å². The maximum Gasteiger partial charge on any atom is 0.318 e. The number of carbonyl (C=O) groups excluding carboxylic acids is 1. The molecule has 1 aromatic carbocycles. The number of hydrogen-bond donors (Lipinski definition) is 2. The first-order valence-electron chi connectivity index (χ1n) is 6.25. The average molecular weight is 385 g/mol. The molecule has 0 saturated carbocycles. The van der Waals surface area contributed by atoms with Crippen molar-refractivity contribution in [2.75, 3.05) is 0 Å². The number of benzene rings is 1. The Morgan fingerprint density at radius 2 is 2.10 bits per heavy atom. The molecule has 1 aliphatic heterocycles. The highest BCUT2D eigenvalue weighted by Crippen LogP contribution is 2.31. The molecular weight excluding hydrogens is 369 g/mol. The van der Waals surface area contributed by atoms with E-state index < -0.39 is 0 Å². The monoisotopic (exact) mass is 385 g/mol. The van der Waals surface area contributed by atoms with E-state index in [1.165, 1.54) is 0 Å². The van der Waals surface area contributed by atoms with Crippen LogP contribution in [-0.2, 0) is 16.1 Å². The first-order valence-corrected chi connectivity index (χ1v) is 7.50. The zero-order valence-corrected chi connectivity index (χ0v) is 13.0. The zero-order valence-electron chi connectivity index (χ0n) is 10.9. The highest BCUT2D eigenvalue weighted by molar-refractivity contribution is 14.1. The molecule has 0 radical (unpaired) electrons. The van der Waals surface area contributed by atoms with Gasteiger partial charge in [-0.15, -0.1) is 0 Å². The number of esters is 1. The highest BCUT2D eigenvalue weighted by Gasteiger charge is 2.28. The lowest BCUT2D eigenvalue weighted by Gasteiger charge is -2.22. The Morgan fingerprint density at radius 3 is 2.65 bits per heavy atom. The Hall–Kier alpha value is -1.57. The first kappa shape index (κ1) is 14.8. The normalized spacial score (nSPS) is 20.6. The molecule has 5 nitrogen and oxygen atoms in total. The van der Waals surface area contributed by atoms with Crippen molar-refractivity contribution < 1.29 is 9.53 Å². The van der Waals surface area contributed by atoms with Gasteiger partial charge < -0.3 is 16.2 Å². The van der Waals surface area contributed by atoms with Crippen LogP contribution in [-0.4, -0.2) is 11.9 Å². The molecular formula is C14H16IN3O2. The topological polar surface area (TPSA) is 90.7 Å². The van der Waals surface area contributed by atoms with Gasteiger partial charge in [-0.2, -0.15) is 0 Å². The van der Waals surface area contributed by atoms with Crippen molar-refractivity contribution in [2.45, 2.75) is 25.3 Å². The lowest BCUT2D eigenvalue weighted by molar-refractivity contribution is -0.143. The van der Waals surface area contributed by atoms with Gasteiger partial charge in [0.05, 0.1) is 12.5 Å². The van der Waals surface area contributed by atoms with Crippen molar-refractivity contribution in [3.8, 4) is 0 Å². The SMILES string of the molecule is NC(N)=NCc1ccc(C2CC/C(=C\I)OC2=O)cc1. The van der Waals surface area contributed by atoms with Crippen molar-refractivity contribution in [1.82, 2.24) is 0 Å². The van der Waals surface area contributed by atoms with E-state index in [9.17, 15) is 4.79 Å². The molecule has 1 aliphatic rings. The number of nitrogens with two attached hydrogens (primary N) is 2. The number of ether oxygens (including phenoxy) is 1. The van der Waals surface area contributed by atoms with E-state index in [2.05, 4.69) is 27.6 Å². The summed E-state index contributed by atoms with van der Waals surface area (Å²) in [6.45, 7) is 0.444. The van der Waals surface area contributed by atoms with Gasteiger partial charge in [0, 0.05) is 10.5 Å². The van der Waals surface area contributed by atoms with E-state index in [1.54, 1.807) is 0 Å². The van der Waals surface area contributed by atoms with Gasteiger partial charge in [0.25, 0.3) is 0 Å². The minimum absolute atomic E-state index is 0.0723. The number of hydrogen-bond acceptors (Lipinski definition) is 3. The molecule has 1 saturated heterocycles. The lowest BCUT2D eigenvalue weighted by atomic mass is 9.91. The van der Waals surface area contributed by atoms with Crippen LogP contribution in [0.15, 0.2) is 39.1 Å². The van der Waals surface area contributed by atoms with E-state index in [0.29, 0.717) is 6.54 Å². The second-order valence-corrected chi connectivity index (χ2v) is 5.19. The quantitative estimate of drug-likeness (QED) is 0.361. The Morgan fingerprint density at radius 1 is 1.40 bits per heavy atom. The molecule has 1 fully saturated rings. The minimum Gasteiger partial charge on any atom is -0.430 e. The van der Waals surface area contributed by atoms with Gasteiger partial charge in [-0.05, 0) is 40.1 Å². The standard InChI is InChI=1S/C14H16IN3O2/c15-7-11-5-6-12(13(19)20-11)10-3-1-9(2-4-10)8-18-14(16)17/h1-4,7,12H,5-6,8H2,(H4,16,17,18)/b11-7+. The van der Waals surface area contributed by atoms with Gasteiger partial charge in [0.15, 0.2) is 5.96 Å². The van der Waals surface area contributed by atoms with Crippen molar-refractivity contribution in [2.24, 2.45) is 16.5 Å². The number of nitrogens with zero attached hydrogens (tertiary/aromatic N) is 1. The van der Waals surface area contributed by atoms with Crippen LogP contribution in [0, 0.1) is 0 Å². The number of halogens is 1. The van der Waals surface area contributed by atoms with Gasteiger partial charge >= 0.3 is 5.97 Å². The molecule has 1 atom stereocenters. The lowest BCUT2D eigenvalue weighted by Crippen LogP contribution is -2.22. The molecule has 0 bridgehead atoms. The summed E-state index contributed by atoms with van der Waals surface area (Å²) in [6, 6.07) is 7.72. The van der Waals surface area contributed by atoms with Gasteiger partial charge in [0.1, 0.15) is 5.76 Å². The summed E-state index contributed by atoms with van der Waals surface area (Å²) in [5.74, 6) is 0.447. The van der Waals surface area contributed by atoms with Crippen LogP contribution in [0.5, 0.6) is 0 Å². The smallest absolute Gasteiger partial charge is 0.318 e. The highest BCUT2D eigenvalue weighted by atomic mass is 127. The van der Waals surface area contributed by atoms with Crippen molar-refractivity contribution in [3.05, 3.63) is 45.2 Å². The summed E-state index contributed by atoms with van der Waals surface area (Å²) in [5, 5.41) is 0. The Labute approximate surface area is 131 Å². The number of rotatable bonds is 3. The predicted molar refractivity (Wildman–Crippen MR) is 86.1 cm³/mol. The minimum atomic E-state index is -0.188. The molecule has 4 N–H and O–H groups in total. The van der Waals surface area contributed by atoms with Crippen LogP contribution in [0.2, 0.25) is 0 Å². The van der Waals surface area contributed by atoms with Crippen LogP contribution in [0.4, 0.5) is 0 Å². The number of carbonyl (C=O) groups is 1. The van der Waals surface area contributed by atoms with E-state index in [0.717, 1.165) is 29.7 Å². The van der Waals surface area contributed by atoms with Crippen molar-refractivity contribution >= 4 is 34.5 Å². The van der Waals surface area contributed by atoms with E-state index in [-0.39, 0.29) is 17.8 Å². The number of aliphatic imine (C=N–C) groups is 1. The molecule has 6 heteroatoms. The van der Waals surface area contributed by atoms with Crippen molar-refractivity contribution in [1.29, 1.82) is 0 Å². The predicted octanol–water partition coefficient (Wildman–Crippen LogP) is 2.16. The fourth-order valence-corrected chi connectivity index (χ4v) is 2.51. The molecule has 106 valence electrons. The van der Waals surface area contributed by atoms with Crippen LogP contribution in [0.3, 0.4) is 0 Å². The van der Waals surface area contributed by atoms with Gasteiger partial charge in [-0.3, -0.25) is 4.79 Å². The maximum absolute atomic E-state index is 11.9. The van der Waals surface area contributed by atoms with Crippen LogP contribution >= 0.6 is 22.6 Å². The fourth-order valence-electron chi connectivity index (χ4n) is 2.07. The second-order valence-electron chi connectivity index (χ2n) is 4.57. The Bertz CT molecular complexity index is 548. The van der Waals surface area contributed by atoms with Crippen molar-refractivity contribution in [3.63, 3.8) is 0 Å². The molecule has 0 amide bonds. The van der Waals surface area contributed by atoms with E-state index in [4.69, 9.17) is 16.2 Å². The summed E-state index contributed by atoms with van der Waals surface area (Å²) in [5.41, 5.74) is 12.6. The molecule has 2 rings (SSSR count). The summed E-state index contributed by atoms with van der Waals surface area (Å²) in [7, 11) is 0. The summed E-state index contributed by atoms with van der Waals surface area (Å²) < 4.78 is 7.08. The van der Waals surface area contributed by atoms with Gasteiger partial charge in [0.2, 0.25) is 0 Å². The third-order valence-electron chi connectivity index (χ3n) is 3.14. The number of cyclic esters (lactones) is 1. The largest absolute Gasteiger partial charge is 0.430 e. The molecule has 1 unspecified atom stereocenters.